The molecule has 2 heterocycles. The van der Waals surface area contributed by atoms with Crippen molar-refractivity contribution in [1.82, 2.24) is 14.6 Å². The van der Waals surface area contributed by atoms with E-state index in [2.05, 4.69) is 34.7 Å². The van der Waals surface area contributed by atoms with Crippen LogP contribution < -0.4 is 9.62 Å². The summed E-state index contributed by atoms with van der Waals surface area (Å²) in [5.41, 5.74) is 2.04. The van der Waals surface area contributed by atoms with Crippen molar-refractivity contribution in [3.8, 4) is 0 Å². The Bertz CT molecular complexity index is 1440. The zero-order valence-corrected chi connectivity index (χ0v) is 23.2. The fraction of sp³-hybridized carbons (Fsp3) is 0.462. The molecule has 3 aromatic rings. The molecule has 11 nitrogen and oxygen atoms in total. The molecule has 13 heteroatoms. The first kappa shape index (κ1) is 27.4. The van der Waals surface area contributed by atoms with Crippen molar-refractivity contribution in [2.75, 3.05) is 37.7 Å². The molecule has 5 rings (SSSR count). The Labute approximate surface area is 231 Å². The Morgan fingerprint density at radius 2 is 1.79 bits per heavy atom. The molecule has 0 spiro atoms. The molecule has 1 saturated carbocycles. The molecule has 1 aliphatic heterocycles. The van der Waals surface area contributed by atoms with Crippen molar-refractivity contribution in [2.45, 2.75) is 49.6 Å². The standard InChI is InChI=1S/C26H31N5O6S2/c1-18-2-11-24-23(16-18)27-26(38-24)30-14-12-29(13-15-30)25(32)17-37-21-7-3-19(4-8-21)28-39(35,36)22-9-5-20(6-10-22)31(33)34/h2,5-6,9-11,16,19,21,28H,3-4,7-8,12-15,17H2,1H3. The average molecular weight is 574 g/mol. The highest BCUT2D eigenvalue weighted by Gasteiger charge is 2.28. The number of ether oxygens (including phenoxy) is 1. The van der Waals surface area contributed by atoms with E-state index in [0.29, 0.717) is 38.8 Å². The van der Waals surface area contributed by atoms with E-state index < -0.39 is 14.9 Å². The van der Waals surface area contributed by atoms with Crippen molar-refractivity contribution < 1.29 is 22.9 Å². The minimum Gasteiger partial charge on any atom is -0.368 e. The summed E-state index contributed by atoms with van der Waals surface area (Å²) in [4.78, 5) is 31.8. The number of anilines is 1. The van der Waals surface area contributed by atoms with E-state index in [-0.39, 0.29) is 35.2 Å². The van der Waals surface area contributed by atoms with E-state index in [1.165, 1.54) is 29.8 Å². The van der Waals surface area contributed by atoms with Crippen LogP contribution in [-0.2, 0) is 19.6 Å². The molecule has 39 heavy (non-hydrogen) atoms. The Balaban J connectivity index is 1.04. The highest BCUT2D eigenvalue weighted by molar-refractivity contribution is 7.89. The van der Waals surface area contributed by atoms with Gasteiger partial charge in [0.15, 0.2) is 5.13 Å². The molecule has 1 amide bonds. The van der Waals surface area contributed by atoms with Gasteiger partial charge < -0.3 is 14.5 Å². The highest BCUT2D eigenvalue weighted by atomic mass is 32.2. The SMILES string of the molecule is Cc1ccc2sc(N3CCN(C(=O)COC4CCC(NS(=O)(=O)c5ccc([N+](=O)[O-])cc5)CC4)CC3)nc2c1. The van der Waals surface area contributed by atoms with E-state index in [9.17, 15) is 23.3 Å². The maximum Gasteiger partial charge on any atom is 0.269 e. The van der Waals surface area contributed by atoms with Crippen LogP contribution in [0.4, 0.5) is 10.8 Å². The topological polar surface area (TPSA) is 135 Å². The van der Waals surface area contributed by atoms with Gasteiger partial charge in [0.1, 0.15) is 6.61 Å². The third-order valence-corrected chi connectivity index (χ3v) is 9.86. The van der Waals surface area contributed by atoms with Crippen LogP contribution in [0.3, 0.4) is 0 Å². The molecule has 1 saturated heterocycles. The van der Waals surface area contributed by atoms with E-state index in [4.69, 9.17) is 9.72 Å². The number of fused-ring (bicyclic) bond motifs is 1. The number of nitrogens with one attached hydrogen (secondary N) is 1. The first-order valence-electron chi connectivity index (χ1n) is 13.0. The lowest BCUT2D eigenvalue weighted by atomic mass is 9.94. The summed E-state index contributed by atoms with van der Waals surface area (Å²) in [6, 6.07) is 10.9. The number of amides is 1. The van der Waals surface area contributed by atoms with Crippen LogP contribution >= 0.6 is 11.3 Å². The number of carbonyl (C=O) groups is 1. The number of nitro benzene ring substituents is 1. The lowest BCUT2D eigenvalue weighted by Gasteiger charge is -2.35. The highest BCUT2D eigenvalue weighted by Crippen LogP contribution is 2.30. The molecular formula is C26H31N5O6S2. The summed E-state index contributed by atoms with van der Waals surface area (Å²) in [7, 11) is -3.78. The summed E-state index contributed by atoms with van der Waals surface area (Å²) in [6.45, 7) is 4.77. The summed E-state index contributed by atoms with van der Waals surface area (Å²) in [5, 5.41) is 11.8. The monoisotopic (exact) mass is 573 g/mol. The number of piperazine rings is 1. The van der Waals surface area contributed by atoms with Gasteiger partial charge in [-0.05, 0) is 62.4 Å². The quantitative estimate of drug-likeness (QED) is 0.320. The maximum absolute atomic E-state index is 12.8. The van der Waals surface area contributed by atoms with E-state index in [0.717, 1.165) is 28.4 Å². The number of non-ortho nitro benzene ring substituents is 1. The number of benzene rings is 2. The summed E-state index contributed by atoms with van der Waals surface area (Å²) >= 11 is 1.67. The van der Waals surface area contributed by atoms with Crippen LogP contribution in [0.1, 0.15) is 31.2 Å². The van der Waals surface area contributed by atoms with Gasteiger partial charge in [-0.1, -0.05) is 17.4 Å². The molecule has 2 aromatic carbocycles. The molecule has 0 radical (unpaired) electrons. The van der Waals surface area contributed by atoms with Gasteiger partial charge in [-0.25, -0.2) is 18.1 Å². The Kier molecular flexibility index (Phi) is 8.12. The van der Waals surface area contributed by atoms with Crippen LogP contribution in [0.5, 0.6) is 0 Å². The molecule has 0 atom stereocenters. The molecule has 1 aromatic heterocycles. The predicted octanol–water partition coefficient (Wildman–Crippen LogP) is 3.47. The predicted molar refractivity (Wildman–Crippen MR) is 149 cm³/mol. The first-order chi connectivity index (χ1) is 18.7. The summed E-state index contributed by atoms with van der Waals surface area (Å²) < 4.78 is 35.1. The van der Waals surface area contributed by atoms with Crippen molar-refractivity contribution in [3.63, 3.8) is 0 Å². The van der Waals surface area contributed by atoms with Gasteiger partial charge in [-0.15, -0.1) is 0 Å². The maximum atomic E-state index is 12.8. The van der Waals surface area contributed by atoms with E-state index in [1.54, 1.807) is 11.3 Å². The number of nitro groups is 1. The number of thiazole rings is 1. The number of sulfonamides is 1. The summed E-state index contributed by atoms with van der Waals surface area (Å²) in [6.07, 6.45) is 2.37. The van der Waals surface area contributed by atoms with Gasteiger partial charge in [0.2, 0.25) is 15.9 Å². The smallest absolute Gasteiger partial charge is 0.269 e. The van der Waals surface area contributed by atoms with Crippen molar-refractivity contribution in [1.29, 1.82) is 0 Å². The Morgan fingerprint density at radius 3 is 2.46 bits per heavy atom. The van der Waals surface area contributed by atoms with E-state index >= 15 is 0 Å². The fourth-order valence-corrected chi connectivity index (χ4v) is 7.27. The van der Waals surface area contributed by atoms with Gasteiger partial charge in [0.25, 0.3) is 5.69 Å². The number of aryl methyl sites for hydroxylation is 1. The van der Waals surface area contributed by atoms with Gasteiger partial charge in [0, 0.05) is 44.4 Å². The van der Waals surface area contributed by atoms with Gasteiger partial charge in [0.05, 0.1) is 26.1 Å². The van der Waals surface area contributed by atoms with Gasteiger partial charge in [-0.2, -0.15) is 0 Å². The second-order valence-electron chi connectivity index (χ2n) is 9.99. The van der Waals surface area contributed by atoms with Crippen LogP contribution in [0.15, 0.2) is 47.4 Å². The fourth-order valence-electron chi connectivity index (χ4n) is 4.97. The van der Waals surface area contributed by atoms with Crippen molar-refractivity contribution in [3.05, 3.63) is 58.1 Å². The third-order valence-electron chi connectivity index (χ3n) is 7.23. The minimum atomic E-state index is -3.78. The minimum absolute atomic E-state index is 0.00426. The molecule has 2 aliphatic rings. The number of hydrogen-bond donors (Lipinski definition) is 1. The second kappa shape index (κ2) is 11.5. The molecule has 1 N–H and O–H groups in total. The van der Waals surface area contributed by atoms with Crippen LogP contribution in [0.2, 0.25) is 0 Å². The van der Waals surface area contributed by atoms with Crippen LogP contribution in [0.25, 0.3) is 10.2 Å². The second-order valence-corrected chi connectivity index (χ2v) is 12.7. The third kappa shape index (κ3) is 6.55. The van der Waals surface area contributed by atoms with Gasteiger partial charge in [-0.3, -0.25) is 14.9 Å². The molecule has 208 valence electrons. The zero-order chi connectivity index (χ0) is 27.6. The Morgan fingerprint density at radius 1 is 1.10 bits per heavy atom. The molecular weight excluding hydrogens is 542 g/mol. The van der Waals surface area contributed by atoms with Crippen LogP contribution in [-0.4, -0.2) is 74.1 Å². The molecule has 0 bridgehead atoms. The zero-order valence-electron chi connectivity index (χ0n) is 21.6. The molecule has 1 aliphatic carbocycles. The van der Waals surface area contributed by atoms with Gasteiger partial charge >= 0.3 is 0 Å². The lowest BCUT2D eigenvalue weighted by Crippen LogP contribution is -2.50. The number of carbonyl (C=O) groups excluding carboxylic acids is 1. The largest absolute Gasteiger partial charge is 0.368 e. The Hall–Kier alpha value is -3.13. The van der Waals surface area contributed by atoms with Crippen molar-refractivity contribution in [2.24, 2.45) is 0 Å². The number of nitrogens with zero attached hydrogens (tertiary/aromatic N) is 4. The number of hydrogen-bond acceptors (Lipinski definition) is 9. The molecule has 0 unspecified atom stereocenters. The summed E-state index contributed by atoms with van der Waals surface area (Å²) in [5.74, 6) is -0.0319. The lowest BCUT2D eigenvalue weighted by molar-refractivity contribution is -0.384. The molecule has 2 fully saturated rings. The number of rotatable bonds is 8. The first-order valence-corrected chi connectivity index (χ1v) is 15.3. The number of aromatic nitrogens is 1. The van der Waals surface area contributed by atoms with Crippen molar-refractivity contribution >= 4 is 48.3 Å². The normalized spacial score (nSPS) is 20.3. The average Bonchev–Trinajstić information content (AvgIpc) is 3.36. The van der Waals surface area contributed by atoms with Crippen LogP contribution in [0, 0.1) is 17.0 Å². The van der Waals surface area contributed by atoms with E-state index in [1.807, 2.05) is 4.90 Å².